The van der Waals surface area contributed by atoms with Gasteiger partial charge < -0.3 is 19.9 Å². The van der Waals surface area contributed by atoms with Crippen molar-refractivity contribution < 1.29 is 19.1 Å². The Balaban J connectivity index is 1.31. The van der Waals surface area contributed by atoms with Gasteiger partial charge in [-0.1, -0.05) is 25.0 Å². The van der Waals surface area contributed by atoms with Gasteiger partial charge in [-0.2, -0.15) is 0 Å². The van der Waals surface area contributed by atoms with Gasteiger partial charge in [-0.05, 0) is 31.9 Å². The van der Waals surface area contributed by atoms with E-state index in [-0.39, 0.29) is 36.9 Å². The van der Waals surface area contributed by atoms with Crippen LogP contribution in [0.25, 0.3) is 0 Å². The molecule has 1 saturated heterocycles. The summed E-state index contributed by atoms with van der Waals surface area (Å²) in [5.41, 5.74) is 0.350. The fraction of sp³-hybridized carbons (Fsp3) is 0.591. The summed E-state index contributed by atoms with van der Waals surface area (Å²) in [6.07, 6.45) is 3.26. The van der Waals surface area contributed by atoms with E-state index >= 15 is 0 Å². The summed E-state index contributed by atoms with van der Waals surface area (Å²) < 4.78 is 6.10. The average molecular weight is 415 g/mol. The van der Waals surface area contributed by atoms with E-state index in [1.807, 2.05) is 24.3 Å². The van der Waals surface area contributed by atoms with Crippen molar-refractivity contribution in [2.45, 2.75) is 50.7 Å². The molecule has 2 heterocycles. The maximum atomic E-state index is 12.7. The van der Waals surface area contributed by atoms with Crippen LogP contribution in [0.3, 0.4) is 0 Å². The Morgan fingerprint density at radius 3 is 2.73 bits per heavy atom. The van der Waals surface area contributed by atoms with Gasteiger partial charge >= 0.3 is 6.03 Å². The van der Waals surface area contributed by atoms with Gasteiger partial charge in [0.1, 0.15) is 17.4 Å². The predicted molar refractivity (Wildman–Crippen MR) is 112 cm³/mol. The number of nitrogens with zero attached hydrogens (tertiary/aromatic N) is 3. The molecule has 1 aliphatic carbocycles. The van der Waals surface area contributed by atoms with Crippen LogP contribution in [-0.2, 0) is 9.59 Å². The van der Waals surface area contributed by atoms with Gasteiger partial charge in [-0.3, -0.25) is 14.5 Å². The minimum Gasteiger partial charge on any atom is -0.485 e. The van der Waals surface area contributed by atoms with E-state index in [9.17, 15) is 14.4 Å². The fourth-order valence-electron chi connectivity index (χ4n) is 4.78. The SMILES string of the molecule is CCN1C[C@@H](CN(C)C(=O)CCN2C(=O)NC3(CCCC3)C2=O)Oc2ccccc21. The maximum Gasteiger partial charge on any atom is 0.325 e. The normalized spacial score (nSPS) is 22.1. The summed E-state index contributed by atoms with van der Waals surface area (Å²) >= 11 is 0. The van der Waals surface area contributed by atoms with Crippen molar-refractivity contribution in [1.82, 2.24) is 15.1 Å². The molecule has 1 aromatic rings. The highest BCUT2D eigenvalue weighted by Crippen LogP contribution is 2.35. The molecule has 1 atom stereocenters. The first-order valence-electron chi connectivity index (χ1n) is 10.8. The number of anilines is 1. The van der Waals surface area contributed by atoms with E-state index < -0.39 is 5.54 Å². The zero-order chi connectivity index (χ0) is 21.3. The van der Waals surface area contributed by atoms with Crippen LogP contribution in [0.4, 0.5) is 10.5 Å². The third-order valence-electron chi connectivity index (χ3n) is 6.46. The molecule has 4 rings (SSSR count). The number of nitrogens with one attached hydrogen (secondary N) is 1. The molecule has 1 spiro atoms. The number of carbonyl (C=O) groups is 3. The van der Waals surface area contributed by atoms with E-state index in [0.29, 0.717) is 25.9 Å². The number of likely N-dealkylation sites (N-methyl/N-ethyl adjacent to an activating group) is 2. The minimum atomic E-state index is -0.723. The highest BCUT2D eigenvalue weighted by molar-refractivity contribution is 6.07. The number of fused-ring (bicyclic) bond motifs is 1. The first-order chi connectivity index (χ1) is 14.4. The molecular weight excluding hydrogens is 384 g/mol. The largest absolute Gasteiger partial charge is 0.485 e. The standard InChI is InChI=1S/C22H30N4O4/c1-3-25-15-16(30-18-9-5-4-8-17(18)25)14-24(2)19(27)10-13-26-20(28)22(23-21(26)29)11-6-7-12-22/h4-5,8-9,16H,3,6-7,10-15H2,1-2H3,(H,23,29)/t16-/m1/s1. The fourth-order valence-corrected chi connectivity index (χ4v) is 4.78. The van der Waals surface area contributed by atoms with Crippen LogP contribution in [0.2, 0.25) is 0 Å². The van der Waals surface area contributed by atoms with Gasteiger partial charge in [-0.15, -0.1) is 0 Å². The number of imide groups is 1. The number of carbonyl (C=O) groups excluding carboxylic acids is 3. The first kappa shape index (κ1) is 20.5. The molecule has 1 saturated carbocycles. The smallest absolute Gasteiger partial charge is 0.325 e. The van der Waals surface area contributed by atoms with Gasteiger partial charge in [0.25, 0.3) is 5.91 Å². The van der Waals surface area contributed by atoms with Crippen LogP contribution < -0.4 is 15.0 Å². The molecule has 162 valence electrons. The van der Waals surface area contributed by atoms with Gasteiger partial charge in [-0.25, -0.2) is 4.79 Å². The molecule has 2 aliphatic heterocycles. The first-order valence-corrected chi connectivity index (χ1v) is 10.8. The molecule has 0 unspecified atom stereocenters. The molecule has 0 bridgehead atoms. The minimum absolute atomic E-state index is 0.103. The van der Waals surface area contributed by atoms with Crippen LogP contribution in [0.15, 0.2) is 24.3 Å². The molecule has 0 aromatic heterocycles. The number of benzene rings is 1. The van der Waals surface area contributed by atoms with E-state index in [4.69, 9.17) is 4.74 Å². The summed E-state index contributed by atoms with van der Waals surface area (Å²) in [4.78, 5) is 42.8. The Labute approximate surface area is 177 Å². The van der Waals surface area contributed by atoms with E-state index in [2.05, 4.69) is 17.1 Å². The molecule has 8 nitrogen and oxygen atoms in total. The Kier molecular flexibility index (Phi) is 5.58. The topological polar surface area (TPSA) is 82.2 Å². The number of amides is 4. The zero-order valence-electron chi connectivity index (χ0n) is 17.7. The van der Waals surface area contributed by atoms with Crippen molar-refractivity contribution in [2.24, 2.45) is 0 Å². The molecule has 1 N–H and O–H groups in total. The third kappa shape index (κ3) is 3.70. The summed E-state index contributed by atoms with van der Waals surface area (Å²) in [5, 5.41) is 2.86. The molecule has 0 radical (unpaired) electrons. The number of para-hydroxylation sites is 2. The second kappa shape index (κ2) is 8.16. The lowest BCUT2D eigenvalue weighted by Gasteiger charge is -2.37. The quantitative estimate of drug-likeness (QED) is 0.720. The molecule has 8 heteroatoms. The van der Waals surface area contributed by atoms with Gasteiger partial charge in [0, 0.05) is 26.6 Å². The van der Waals surface area contributed by atoms with E-state index in [0.717, 1.165) is 30.8 Å². The lowest BCUT2D eigenvalue weighted by Crippen LogP contribution is -2.47. The molecule has 4 amide bonds. The zero-order valence-corrected chi connectivity index (χ0v) is 17.7. The van der Waals surface area contributed by atoms with Gasteiger partial charge in [0.2, 0.25) is 5.91 Å². The Bertz CT molecular complexity index is 836. The van der Waals surface area contributed by atoms with Gasteiger partial charge in [0.15, 0.2) is 0 Å². The van der Waals surface area contributed by atoms with Crippen LogP contribution in [0.1, 0.15) is 39.0 Å². The highest BCUT2D eigenvalue weighted by atomic mass is 16.5. The molecular formula is C22H30N4O4. The van der Waals surface area contributed by atoms with Crippen molar-refractivity contribution in [3.8, 4) is 5.75 Å². The second-order valence-electron chi connectivity index (χ2n) is 8.45. The van der Waals surface area contributed by atoms with Crippen LogP contribution >= 0.6 is 0 Å². The van der Waals surface area contributed by atoms with Crippen molar-refractivity contribution in [1.29, 1.82) is 0 Å². The predicted octanol–water partition coefficient (Wildman–Crippen LogP) is 1.99. The van der Waals surface area contributed by atoms with Crippen molar-refractivity contribution in [2.75, 3.05) is 38.1 Å². The summed E-state index contributed by atoms with van der Waals surface area (Å²) in [6, 6.07) is 7.55. The Hall–Kier alpha value is -2.77. The lowest BCUT2D eigenvalue weighted by molar-refractivity contribution is -0.133. The average Bonchev–Trinajstić information content (AvgIpc) is 3.30. The molecule has 30 heavy (non-hydrogen) atoms. The van der Waals surface area contributed by atoms with Crippen molar-refractivity contribution in [3.05, 3.63) is 24.3 Å². The number of urea groups is 1. The number of hydrogen-bond acceptors (Lipinski definition) is 5. The summed E-state index contributed by atoms with van der Waals surface area (Å²) in [7, 11) is 1.74. The Morgan fingerprint density at radius 2 is 2.00 bits per heavy atom. The second-order valence-corrected chi connectivity index (χ2v) is 8.45. The maximum absolute atomic E-state index is 12.7. The number of rotatable bonds is 6. The highest BCUT2D eigenvalue weighted by Gasteiger charge is 2.52. The lowest BCUT2D eigenvalue weighted by atomic mass is 9.98. The number of ether oxygens (including phenoxy) is 1. The molecule has 2 fully saturated rings. The van der Waals surface area contributed by atoms with Crippen molar-refractivity contribution >= 4 is 23.5 Å². The van der Waals surface area contributed by atoms with Crippen LogP contribution in [0, 0.1) is 0 Å². The van der Waals surface area contributed by atoms with Gasteiger partial charge in [0.05, 0.1) is 18.8 Å². The molecule has 3 aliphatic rings. The number of hydrogen-bond donors (Lipinski definition) is 1. The monoisotopic (exact) mass is 414 g/mol. The van der Waals surface area contributed by atoms with Crippen LogP contribution in [0.5, 0.6) is 5.75 Å². The van der Waals surface area contributed by atoms with E-state index in [1.165, 1.54) is 4.90 Å². The summed E-state index contributed by atoms with van der Waals surface area (Å²) in [5.74, 6) is 0.553. The molecule has 1 aromatic carbocycles. The van der Waals surface area contributed by atoms with Crippen molar-refractivity contribution in [3.63, 3.8) is 0 Å². The Morgan fingerprint density at radius 1 is 1.27 bits per heavy atom. The van der Waals surface area contributed by atoms with E-state index in [1.54, 1.807) is 11.9 Å². The van der Waals surface area contributed by atoms with Crippen LogP contribution in [-0.4, -0.2) is 72.5 Å². The third-order valence-corrected chi connectivity index (χ3v) is 6.46. The summed E-state index contributed by atoms with van der Waals surface area (Å²) in [6.45, 7) is 4.24.